The summed E-state index contributed by atoms with van der Waals surface area (Å²) in [6, 6.07) is 0. The monoisotopic (exact) mass is 206 g/mol. The number of carboxylic acids is 1. The van der Waals surface area contributed by atoms with Crippen molar-refractivity contribution in [2.75, 3.05) is 0 Å². The van der Waals surface area contributed by atoms with Gasteiger partial charge in [-0.25, -0.2) is 5.10 Å². The van der Waals surface area contributed by atoms with Crippen molar-refractivity contribution in [3.8, 4) is 0 Å². The fourth-order valence-electron chi connectivity index (χ4n) is 1.25. The van der Waals surface area contributed by atoms with Gasteiger partial charge in [0.25, 0.3) is 5.56 Å². The number of carboxylic acid groups (broad SMARTS) is 1. The summed E-state index contributed by atoms with van der Waals surface area (Å²) < 4.78 is 0. The van der Waals surface area contributed by atoms with Crippen molar-refractivity contribution in [1.29, 1.82) is 0 Å². The van der Waals surface area contributed by atoms with Gasteiger partial charge in [-0.1, -0.05) is 0 Å². The zero-order valence-corrected chi connectivity index (χ0v) is 7.47. The van der Waals surface area contributed by atoms with Gasteiger partial charge in [-0.2, -0.15) is 15.3 Å². The van der Waals surface area contributed by atoms with E-state index in [1.54, 1.807) is 0 Å². The van der Waals surface area contributed by atoms with Gasteiger partial charge in [-0.3, -0.25) is 9.59 Å². The summed E-state index contributed by atoms with van der Waals surface area (Å²) >= 11 is 0. The lowest BCUT2D eigenvalue weighted by molar-refractivity contribution is -0.136. The van der Waals surface area contributed by atoms with Crippen molar-refractivity contribution in [3.63, 3.8) is 0 Å². The molecule has 0 fully saturated rings. The van der Waals surface area contributed by atoms with Gasteiger partial charge in [0.1, 0.15) is 0 Å². The number of H-pyrrole nitrogens is 1. The standard InChI is InChI=1S/C8H6N4O3/c13-7(14)1-6-4-2-9-10-3-5(4)8(15)12-11-6/h2-3H,1H2,(H,12,15)(H,13,14). The molecule has 0 aliphatic carbocycles. The van der Waals surface area contributed by atoms with Crippen LogP contribution in [0.2, 0.25) is 0 Å². The number of nitrogens with zero attached hydrogens (tertiary/aromatic N) is 3. The lowest BCUT2D eigenvalue weighted by atomic mass is 10.2. The molecule has 2 aromatic heterocycles. The van der Waals surface area contributed by atoms with Crippen molar-refractivity contribution in [3.05, 3.63) is 28.4 Å². The van der Waals surface area contributed by atoms with E-state index in [1.165, 1.54) is 12.4 Å². The number of carbonyl (C=O) groups is 1. The fourth-order valence-corrected chi connectivity index (χ4v) is 1.25. The highest BCUT2D eigenvalue weighted by Gasteiger charge is 2.09. The Kier molecular flexibility index (Phi) is 2.13. The number of rotatable bonds is 2. The number of aromatic amines is 1. The second-order valence-corrected chi connectivity index (χ2v) is 2.89. The maximum atomic E-state index is 11.3. The molecule has 7 nitrogen and oxygen atoms in total. The zero-order chi connectivity index (χ0) is 10.8. The van der Waals surface area contributed by atoms with Gasteiger partial charge in [0.05, 0.1) is 29.9 Å². The molecule has 0 aliphatic heterocycles. The average Bonchev–Trinajstić information content (AvgIpc) is 2.22. The fraction of sp³-hybridized carbons (Fsp3) is 0.125. The summed E-state index contributed by atoms with van der Waals surface area (Å²) in [6.07, 6.45) is 2.34. The van der Waals surface area contributed by atoms with Crippen molar-refractivity contribution < 1.29 is 9.90 Å². The molecule has 0 unspecified atom stereocenters. The van der Waals surface area contributed by atoms with Crippen LogP contribution in [-0.4, -0.2) is 31.5 Å². The first-order valence-electron chi connectivity index (χ1n) is 4.08. The molecule has 2 aromatic rings. The van der Waals surface area contributed by atoms with E-state index in [2.05, 4.69) is 20.4 Å². The van der Waals surface area contributed by atoms with Gasteiger partial charge >= 0.3 is 5.97 Å². The van der Waals surface area contributed by atoms with Crippen LogP contribution in [-0.2, 0) is 11.2 Å². The molecule has 2 heterocycles. The molecule has 0 aliphatic rings. The van der Waals surface area contributed by atoms with Crippen LogP contribution in [0, 0.1) is 0 Å². The molecule has 0 saturated heterocycles. The Morgan fingerprint density at radius 3 is 2.67 bits per heavy atom. The van der Waals surface area contributed by atoms with Gasteiger partial charge < -0.3 is 5.11 Å². The predicted molar refractivity (Wildman–Crippen MR) is 49.3 cm³/mol. The van der Waals surface area contributed by atoms with Crippen molar-refractivity contribution in [2.24, 2.45) is 0 Å². The molecule has 15 heavy (non-hydrogen) atoms. The second kappa shape index (κ2) is 3.45. The highest BCUT2D eigenvalue weighted by Crippen LogP contribution is 2.09. The van der Waals surface area contributed by atoms with E-state index in [1.807, 2.05) is 0 Å². The molecular formula is C8H6N4O3. The van der Waals surface area contributed by atoms with Gasteiger partial charge in [0.15, 0.2) is 0 Å². The molecule has 0 spiro atoms. The van der Waals surface area contributed by atoms with Crippen LogP contribution in [0.4, 0.5) is 0 Å². The van der Waals surface area contributed by atoms with Crippen LogP contribution < -0.4 is 5.56 Å². The van der Waals surface area contributed by atoms with E-state index in [0.717, 1.165) is 0 Å². The van der Waals surface area contributed by atoms with E-state index in [4.69, 9.17) is 5.11 Å². The number of fused-ring (bicyclic) bond motifs is 1. The molecule has 2 rings (SSSR count). The normalized spacial score (nSPS) is 10.4. The van der Waals surface area contributed by atoms with Crippen LogP contribution in [0.1, 0.15) is 5.69 Å². The SMILES string of the molecule is O=C(O)Cc1n[nH]c(=O)c2cnncc12. The number of hydrogen-bond donors (Lipinski definition) is 2. The highest BCUT2D eigenvalue weighted by molar-refractivity contribution is 5.85. The summed E-state index contributed by atoms with van der Waals surface area (Å²) in [5, 5.41) is 22.3. The molecule has 7 heteroatoms. The third-order valence-electron chi connectivity index (χ3n) is 1.90. The smallest absolute Gasteiger partial charge is 0.309 e. The van der Waals surface area contributed by atoms with E-state index < -0.39 is 11.5 Å². The van der Waals surface area contributed by atoms with Gasteiger partial charge in [0.2, 0.25) is 0 Å². The first-order chi connectivity index (χ1) is 7.18. The van der Waals surface area contributed by atoms with Crippen molar-refractivity contribution in [2.45, 2.75) is 6.42 Å². The third kappa shape index (κ3) is 1.66. The summed E-state index contributed by atoms with van der Waals surface area (Å²) in [7, 11) is 0. The van der Waals surface area contributed by atoms with Crippen LogP contribution in [0.3, 0.4) is 0 Å². The van der Waals surface area contributed by atoms with Gasteiger partial charge in [-0.15, -0.1) is 0 Å². The lowest BCUT2D eigenvalue weighted by Crippen LogP contribution is -2.14. The Bertz CT molecular complexity index is 577. The van der Waals surface area contributed by atoms with Gasteiger partial charge in [0, 0.05) is 5.39 Å². The lowest BCUT2D eigenvalue weighted by Gasteiger charge is -1.99. The van der Waals surface area contributed by atoms with E-state index in [-0.39, 0.29) is 17.5 Å². The van der Waals surface area contributed by atoms with Crippen molar-refractivity contribution >= 4 is 16.7 Å². The molecule has 0 saturated carbocycles. The Labute approximate surface area is 82.8 Å². The summed E-state index contributed by atoms with van der Waals surface area (Å²) in [5.41, 5.74) is -0.138. The summed E-state index contributed by atoms with van der Waals surface area (Å²) in [6.45, 7) is 0. The Morgan fingerprint density at radius 2 is 2.00 bits per heavy atom. The van der Waals surface area contributed by atoms with E-state index in [0.29, 0.717) is 5.39 Å². The minimum atomic E-state index is -1.02. The molecule has 2 N–H and O–H groups in total. The molecule has 0 bridgehead atoms. The Morgan fingerprint density at radius 1 is 1.33 bits per heavy atom. The van der Waals surface area contributed by atoms with Crippen LogP contribution in [0.5, 0.6) is 0 Å². The molecule has 0 aromatic carbocycles. The first kappa shape index (κ1) is 9.25. The number of aliphatic carboxylic acids is 1. The Hall–Kier alpha value is -2.31. The predicted octanol–water partition coefficient (Wildman–Crippen LogP) is -0.660. The minimum absolute atomic E-state index is 0.265. The molecule has 0 amide bonds. The van der Waals surface area contributed by atoms with Gasteiger partial charge in [-0.05, 0) is 0 Å². The summed E-state index contributed by atoms with van der Waals surface area (Å²) in [5.74, 6) is -1.02. The second-order valence-electron chi connectivity index (χ2n) is 2.89. The van der Waals surface area contributed by atoms with Crippen LogP contribution in [0.15, 0.2) is 17.2 Å². The minimum Gasteiger partial charge on any atom is -0.481 e. The van der Waals surface area contributed by atoms with E-state index in [9.17, 15) is 9.59 Å². The van der Waals surface area contributed by atoms with Crippen LogP contribution >= 0.6 is 0 Å². The highest BCUT2D eigenvalue weighted by atomic mass is 16.4. The first-order valence-corrected chi connectivity index (χ1v) is 4.08. The topological polar surface area (TPSA) is 109 Å². The summed E-state index contributed by atoms with van der Waals surface area (Å²) in [4.78, 5) is 21.8. The molecule has 0 atom stereocenters. The molecular weight excluding hydrogens is 200 g/mol. The number of aromatic nitrogens is 4. The quantitative estimate of drug-likeness (QED) is 0.675. The van der Waals surface area contributed by atoms with E-state index >= 15 is 0 Å². The zero-order valence-electron chi connectivity index (χ0n) is 7.47. The van der Waals surface area contributed by atoms with Crippen molar-refractivity contribution in [1.82, 2.24) is 20.4 Å². The molecule has 76 valence electrons. The average molecular weight is 206 g/mol. The van der Waals surface area contributed by atoms with Crippen LogP contribution in [0.25, 0.3) is 10.8 Å². The number of nitrogens with one attached hydrogen (secondary N) is 1. The third-order valence-corrected chi connectivity index (χ3v) is 1.90. The molecule has 0 radical (unpaired) electrons. The maximum absolute atomic E-state index is 11.3. The maximum Gasteiger partial charge on any atom is 0.309 e. The largest absolute Gasteiger partial charge is 0.481 e. The Balaban J connectivity index is 2.71. The number of hydrogen-bond acceptors (Lipinski definition) is 5.